The van der Waals surface area contributed by atoms with E-state index in [0.29, 0.717) is 5.56 Å². The first kappa shape index (κ1) is 15.0. The number of thioether (sulfide) groups is 1. The van der Waals surface area contributed by atoms with Crippen LogP contribution in [-0.2, 0) is 6.42 Å². The molecule has 0 atom stereocenters. The molecule has 2 aromatic rings. The molecule has 2 aromatic carbocycles. The van der Waals surface area contributed by atoms with Crippen molar-refractivity contribution in [2.24, 2.45) is 0 Å². The maximum absolute atomic E-state index is 9.37. The number of rotatable bonds is 4. The SMILES string of the molecule is CCc1cc(Br)ccc1Nc1cccc(SC)c1C#N. The highest BCUT2D eigenvalue weighted by atomic mass is 79.9. The van der Waals surface area contributed by atoms with E-state index in [1.54, 1.807) is 11.8 Å². The first-order valence-electron chi connectivity index (χ1n) is 6.32. The van der Waals surface area contributed by atoms with Gasteiger partial charge in [-0.15, -0.1) is 11.8 Å². The van der Waals surface area contributed by atoms with Crippen LogP contribution in [0.15, 0.2) is 45.8 Å². The predicted octanol–water partition coefficient (Wildman–Crippen LogP) is 5.35. The highest BCUT2D eigenvalue weighted by molar-refractivity contribution is 9.10. The van der Waals surface area contributed by atoms with E-state index in [9.17, 15) is 5.26 Å². The summed E-state index contributed by atoms with van der Waals surface area (Å²) in [5.41, 5.74) is 3.82. The third-order valence-electron chi connectivity index (χ3n) is 3.08. The van der Waals surface area contributed by atoms with Gasteiger partial charge in [-0.2, -0.15) is 5.26 Å². The molecular formula is C16H15BrN2S. The summed E-state index contributed by atoms with van der Waals surface area (Å²) in [7, 11) is 0. The van der Waals surface area contributed by atoms with Gasteiger partial charge in [0, 0.05) is 15.1 Å². The number of aryl methyl sites for hydroxylation is 1. The zero-order chi connectivity index (χ0) is 14.5. The van der Waals surface area contributed by atoms with E-state index >= 15 is 0 Å². The van der Waals surface area contributed by atoms with E-state index in [4.69, 9.17) is 0 Å². The van der Waals surface area contributed by atoms with Gasteiger partial charge in [0.1, 0.15) is 6.07 Å². The second-order valence-corrected chi connectivity index (χ2v) is 6.04. The Morgan fingerprint density at radius 3 is 2.70 bits per heavy atom. The fourth-order valence-corrected chi connectivity index (χ4v) is 3.03. The van der Waals surface area contributed by atoms with Gasteiger partial charge in [0.2, 0.25) is 0 Å². The Hall–Kier alpha value is -1.44. The molecule has 0 bridgehead atoms. The third-order valence-corrected chi connectivity index (χ3v) is 4.35. The largest absolute Gasteiger partial charge is 0.354 e. The second-order valence-electron chi connectivity index (χ2n) is 4.27. The van der Waals surface area contributed by atoms with Crippen molar-refractivity contribution in [3.8, 4) is 6.07 Å². The number of benzene rings is 2. The van der Waals surface area contributed by atoms with Crippen LogP contribution in [0, 0.1) is 11.3 Å². The number of hydrogen-bond donors (Lipinski definition) is 1. The minimum absolute atomic E-state index is 0.699. The molecule has 4 heteroatoms. The standard InChI is InChI=1S/C16H15BrN2S/c1-3-11-9-12(17)7-8-14(11)19-15-5-4-6-16(20-2)13(15)10-18/h4-9,19H,3H2,1-2H3. The van der Waals surface area contributed by atoms with Gasteiger partial charge in [0.15, 0.2) is 0 Å². The smallest absolute Gasteiger partial charge is 0.103 e. The van der Waals surface area contributed by atoms with E-state index in [1.807, 2.05) is 36.6 Å². The van der Waals surface area contributed by atoms with Crippen LogP contribution in [0.2, 0.25) is 0 Å². The zero-order valence-electron chi connectivity index (χ0n) is 11.4. The minimum atomic E-state index is 0.699. The summed E-state index contributed by atoms with van der Waals surface area (Å²) < 4.78 is 1.07. The average molecular weight is 347 g/mol. The van der Waals surface area contributed by atoms with Crippen molar-refractivity contribution in [1.29, 1.82) is 5.26 Å². The number of hydrogen-bond acceptors (Lipinski definition) is 3. The van der Waals surface area contributed by atoms with Gasteiger partial charge in [-0.05, 0) is 48.6 Å². The van der Waals surface area contributed by atoms with Gasteiger partial charge in [-0.25, -0.2) is 0 Å². The molecule has 0 amide bonds. The second kappa shape index (κ2) is 6.83. The fourth-order valence-electron chi connectivity index (χ4n) is 2.04. The summed E-state index contributed by atoms with van der Waals surface area (Å²) in [4.78, 5) is 0.993. The van der Waals surface area contributed by atoms with E-state index < -0.39 is 0 Å². The Morgan fingerprint density at radius 2 is 2.05 bits per heavy atom. The van der Waals surface area contributed by atoms with Gasteiger partial charge in [0.05, 0.1) is 11.3 Å². The van der Waals surface area contributed by atoms with E-state index in [-0.39, 0.29) is 0 Å². The number of halogens is 1. The summed E-state index contributed by atoms with van der Waals surface area (Å²) >= 11 is 5.08. The van der Waals surface area contributed by atoms with Gasteiger partial charge >= 0.3 is 0 Å². The maximum atomic E-state index is 9.37. The van der Waals surface area contributed by atoms with Gasteiger partial charge in [0.25, 0.3) is 0 Å². The van der Waals surface area contributed by atoms with Crippen molar-refractivity contribution >= 4 is 39.1 Å². The molecule has 102 valence electrons. The molecule has 0 saturated carbocycles. The van der Waals surface area contributed by atoms with Gasteiger partial charge in [-0.3, -0.25) is 0 Å². The molecule has 0 spiro atoms. The third kappa shape index (κ3) is 3.17. The van der Waals surface area contributed by atoms with Crippen LogP contribution in [0.25, 0.3) is 0 Å². The summed E-state index contributed by atoms with van der Waals surface area (Å²) in [6, 6.07) is 14.3. The molecule has 0 aliphatic carbocycles. The minimum Gasteiger partial charge on any atom is -0.354 e. The van der Waals surface area contributed by atoms with Crippen LogP contribution in [0.4, 0.5) is 11.4 Å². The molecule has 0 saturated heterocycles. The lowest BCUT2D eigenvalue weighted by Crippen LogP contribution is -1.98. The molecule has 1 N–H and O–H groups in total. The molecular weight excluding hydrogens is 332 g/mol. The van der Waals surface area contributed by atoms with Gasteiger partial charge < -0.3 is 5.32 Å². The Bertz CT molecular complexity index is 662. The molecule has 0 radical (unpaired) electrons. The Balaban J connectivity index is 2.43. The molecule has 0 unspecified atom stereocenters. The fraction of sp³-hybridized carbons (Fsp3) is 0.188. The summed E-state index contributed by atoms with van der Waals surface area (Å²) in [6.07, 6.45) is 2.92. The molecule has 2 nitrogen and oxygen atoms in total. The molecule has 0 aliphatic rings. The summed E-state index contributed by atoms with van der Waals surface area (Å²) in [5, 5.41) is 12.8. The van der Waals surface area contributed by atoms with Crippen molar-refractivity contribution in [2.75, 3.05) is 11.6 Å². The highest BCUT2D eigenvalue weighted by Crippen LogP contribution is 2.30. The normalized spacial score (nSPS) is 10.1. The van der Waals surface area contributed by atoms with E-state index in [2.05, 4.69) is 40.3 Å². The van der Waals surface area contributed by atoms with Crippen LogP contribution in [0.1, 0.15) is 18.1 Å². The van der Waals surface area contributed by atoms with Crippen molar-refractivity contribution in [1.82, 2.24) is 0 Å². The van der Waals surface area contributed by atoms with Crippen LogP contribution in [-0.4, -0.2) is 6.26 Å². The monoisotopic (exact) mass is 346 g/mol. The molecule has 20 heavy (non-hydrogen) atoms. The van der Waals surface area contributed by atoms with Crippen molar-refractivity contribution in [3.05, 3.63) is 52.0 Å². The summed E-state index contributed by atoms with van der Waals surface area (Å²) in [6.45, 7) is 2.12. The van der Waals surface area contributed by atoms with Crippen LogP contribution >= 0.6 is 27.7 Å². The van der Waals surface area contributed by atoms with Crippen molar-refractivity contribution in [2.45, 2.75) is 18.2 Å². The molecule has 0 fully saturated rings. The molecule has 0 heterocycles. The average Bonchev–Trinajstić information content (AvgIpc) is 2.48. The number of nitrogens with zero attached hydrogens (tertiary/aromatic N) is 1. The topological polar surface area (TPSA) is 35.8 Å². The van der Waals surface area contributed by atoms with Crippen LogP contribution < -0.4 is 5.32 Å². The quantitative estimate of drug-likeness (QED) is 0.758. The first-order valence-corrected chi connectivity index (χ1v) is 8.34. The number of nitriles is 1. The lowest BCUT2D eigenvalue weighted by molar-refractivity contribution is 1.14. The van der Waals surface area contributed by atoms with E-state index in [1.165, 1.54) is 5.56 Å². The number of nitrogens with one attached hydrogen (secondary N) is 1. The van der Waals surface area contributed by atoms with Crippen molar-refractivity contribution < 1.29 is 0 Å². The first-order chi connectivity index (χ1) is 9.69. The van der Waals surface area contributed by atoms with E-state index in [0.717, 1.165) is 27.2 Å². The highest BCUT2D eigenvalue weighted by Gasteiger charge is 2.09. The van der Waals surface area contributed by atoms with Crippen molar-refractivity contribution in [3.63, 3.8) is 0 Å². The van der Waals surface area contributed by atoms with Crippen LogP contribution in [0.5, 0.6) is 0 Å². The Labute approximate surface area is 132 Å². The van der Waals surface area contributed by atoms with Crippen LogP contribution in [0.3, 0.4) is 0 Å². The number of anilines is 2. The molecule has 0 aliphatic heterocycles. The predicted molar refractivity (Wildman–Crippen MR) is 89.7 cm³/mol. The molecule has 2 rings (SSSR count). The lowest BCUT2D eigenvalue weighted by Gasteiger charge is -2.14. The zero-order valence-corrected chi connectivity index (χ0v) is 13.8. The maximum Gasteiger partial charge on any atom is 0.103 e. The Kier molecular flexibility index (Phi) is 5.11. The summed E-state index contributed by atoms with van der Waals surface area (Å²) in [5.74, 6) is 0. The lowest BCUT2D eigenvalue weighted by atomic mass is 10.1. The van der Waals surface area contributed by atoms with Gasteiger partial charge in [-0.1, -0.05) is 28.9 Å². The molecule has 0 aromatic heterocycles. The Morgan fingerprint density at radius 1 is 1.25 bits per heavy atom.